The molecule has 0 saturated heterocycles. The van der Waals surface area contributed by atoms with Gasteiger partial charge in [0.05, 0.1) is 0 Å². The lowest BCUT2D eigenvalue weighted by atomic mass is 10.3. The molecule has 0 unspecified atom stereocenters. The molecule has 0 aromatic carbocycles. The molecule has 1 amide bonds. The summed E-state index contributed by atoms with van der Waals surface area (Å²) in [5, 5.41) is 3.30. The van der Waals surface area contributed by atoms with Crippen molar-refractivity contribution in [2.24, 2.45) is 4.99 Å². The van der Waals surface area contributed by atoms with E-state index in [2.05, 4.69) is 16.9 Å². The monoisotopic (exact) mass is 440 g/mol. The van der Waals surface area contributed by atoms with E-state index in [-0.39, 0.29) is 36.4 Å². The number of likely N-dealkylation sites (N-methyl/N-ethyl adjacent to an activating group) is 1. The summed E-state index contributed by atoms with van der Waals surface area (Å²) in [6.45, 7) is 9.00. The lowest BCUT2D eigenvalue weighted by Crippen LogP contribution is -2.41. The molecule has 1 N–H and O–H groups in total. The van der Waals surface area contributed by atoms with Gasteiger partial charge in [0.1, 0.15) is 6.54 Å². The second kappa shape index (κ2) is 16.0. The van der Waals surface area contributed by atoms with Gasteiger partial charge in [-0.1, -0.05) is 6.08 Å². The molecule has 0 aliphatic heterocycles. The van der Waals surface area contributed by atoms with Gasteiger partial charge in [-0.15, -0.1) is 30.6 Å². The van der Waals surface area contributed by atoms with Crippen molar-refractivity contribution in [2.75, 3.05) is 54.0 Å². The molecule has 7 heteroatoms. The first-order chi connectivity index (χ1) is 10.5. The zero-order valence-corrected chi connectivity index (χ0v) is 17.3. The highest BCUT2D eigenvalue weighted by Gasteiger charge is 2.08. The lowest BCUT2D eigenvalue weighted by Gasteiger charge is -2.22. The molecule has 0 aliphatic rings. The van der Waals surface area contributed by atoms with E-state index in [0.717, 1.165) is 51.5 Å². The molecule has 0 heterocycles. The Morgan fingerprint density at radius 3 is 2.57 bits per heavy atom. The molecular formula is C16H33IN4O2. The molecule has 0 fully saturated rings. The van der Waals surface area contributed by atoms with E-state index in [1.54, 1.807) is 19.0 Å². The molecule has 0 aromatic heterocycles. The SMILES string of the molecule is C=CCCCN(C)C(=NCC(=O)N(C)C)NCCCOCC.I. The minimum Gasteiger partial charge on any atom is -0.382 e. The van der Waals surface area contributed by atoms with Gasteiger partial charge in [-0.2, -0.15) is 0 Å². The van der Waals surface area contributed by atoms with Gasteiger partial charge in [-0.3, -0.25) is 4.79 Å². The Morgan fingerprint density at radius 2 is 2.00 bits per heavy atom. The maximum Gasteiger partial charge on any atom is 0.243 e. The number of halogens is 1. The van der Waals surface area contributed by atoms with Gasteiger partial charge in [-0.25, -0.2) is 4.99 Å². The van der Waals surface area contributed by atoms with E-state index in [1.807, 2.05) is 24.9 Å². The van der Waals surface area contributed by atoms with Gasteiger partial charge in [0.2, 0.25) is 5.91 Å². The van der Waals surface area contributed by atoms with Gasteiger partial charge in [-0.05, 0) is 26.2 Å². The van der Waals surface area contributed by atoms with E-state index in [4.69, 9.17) is 4.74 Å². The number of aliphatic imine (C=N–C) groups is 1. The van der Waals surface area contributed by atoms with Crippen LogP contribution in [0.3, 0.4) is 0 Å². The van der Waals surface area contributed by atoms with Crippen molar-refractivity contribution in [3.8, 4) is 0 Å². The van der Waals surface area contributed by atoms with Gasteiger partial charge in [0.25, 0.3) is 0 Å². The predicted molar refractivity (Wildman–Crippen MR) is 108 cm³/mol. The van der Waals surface area contributed by atoms with Crippen molar-refractivity contribution in [1.29, 1.82) is 0 Å². The minimum absolute atomic E-state index is 0. The molecule has 0 atom stereocenters. The summed E-state index contributed by atoms with van der Waals surface area (Å²) in [5.41, 5.74) is 0. The fraction of sp³-hybridized carbons (Fsp3) is 0.750. The van der Waals surface area contributed by atoms with Crippen molar-refractivity contribution in [3.63, 3.8) is 0 Å². The third kappa shape index (κ3) is 13.3. The zero-order valence-electron chi connectivity index (χ0n) is 15.0. The smallest absolute Gasteiger partial charge is 0.243 e. The van der Waals surface area contributed by atoms with Gasteiger partial charge < -0.3 is 19.9 Å². The fourth-order valence-corrected chi connectivity index (χ4v) is 1.69. The van der Waals surface area contributed by atoms with E-state index < -0.39 is 0 Å². The number of allylic oxidation sites excluding steroid dienone is 1. The Kier molecular flexibility index (Phi) is 17.0. The van der Waals surface area contributed by atoms with Crippen LogP contribution in [0, 0.1) is 0 Å². The number of amides is 1. The van der Waals surface area contributed by atoms with Crippen LogP contribution in [0.2, 0.25) is 0 Å². The maximum atomic E-state index is 11.7. The number of carbonyl (C=O) groups is 1. The van der Waals surface area contributed by atoms with E-state index in [9.17, 15) is 4.79 Å². The van der Waals surface area contributed by atoms with Crippen LogP contribution in [0.15, 0.2) is 17.6 Å². The Bertz CT molecular complexity index is 349. The second-order valence-corrected chi connectivity index (χ2v) is 5.26. The summed E-state index contributed by atoms with van der Waals surface area (Å²) in [5.74, 6) is 0.754. The number of hydrogen-bond donors (Lipinski definition) is 1. The molecular weight excluding hydrogens is 407 g/mol. The third-order valence-electron chi connectivity index (χ3n) is 3.08. The first kappa shape index (κ1) is 24.4. The van der Waals surface area contributed by atoms with Crippen LogP contribution >= 0.6 is 24.0 Å². The molecule has 0 rings (SSSR count). The molecule has 0 aromatic rings. The normalized spacial score (nSPS) is 10.7. The number of nitrogens with zero attached hydrogens (tertiary/aromatic N) is 3. The largest absolute Gasteiger partial charge is 0.382 e. The Labute approximate surface area is 158 Å². The van der Waals surface area contributed by atoms with E-state index in [1.165, 1.54) is 0 Å². The van der Waals surface area contributed by atoms with Crippen molar-refractivity contribution in [2.45, 2.75) is 26.2 Å². The molecule has 23 heavy (non-hydrogen) atoms. The van der Waals surface area contributed by atoms with Gasteiger partial charge in [0, 0.05) is 47.4 Å². The fourth-order valence-electron chi connectivity index (χ4n) is 1.69. The van der Waals surface area contributed by atoms with Crippen molar-refractivity contribution in [1.82, 2.24) is 15.1 Å². The quantitative estimate of drug-likeness (QED) is 0.176. The summed E-state index contributed by atoms with van der Waals surface area (Å²) in [4.78, 5) is 19.7. The Balaban J connectivity index is 0. The highest BCUT2D eigenvalue weighted by Crippen LogP contribution is 1.95. The molecule has 0 saturated carbocycles. The van der Waals surface area contributed by atoms with Crippen LogP contribution in [0.4, 0.5) is 0 Å². The van der Waals surface area contributed by atoms with Crippen molar-refractivity contribution >= 4 is 35.8 Å². The Morgan fingerprint density at radius 1 is 1.30 bits per heavy atom. The van der Waals surface area contributed by atoms with Crippen LogP contribution in [0.1, 0.15) is 26.2 Å². The van der Waals surface area contributed by atoms with Gasteiger partial charge >= 0.3 is 0 Å². The van der Waals surface area contributed by atoms with Crippen molar-refractivity contribution in [3.05, 3.63) is 12.7 Å². The topological polar surface area (TPSA) is 57.2 Å². The molecule has 6 nitrogen and oxygen atoms in total. The number of carbonyl (C=O) groups excluding carboxylic acids is 1. The average Bonchev–Trinajstić information content (AvgIpc) is 2.49. The summed E-state index contributed by atoms with van der Waals surface area (Å²) in [7, 11) is 5.46. The van der Waals surface area contributed by atoms with E-state index in [0.29, 0.717) is 0 Å². The number of hydrogen-bond acceptors (Lipinski definition) is 3. The van der Waals surface area contributed by atoms with Crippen LogP contribution in [0.25, 0.3) is 0 Å². The number of rotatable bonds is 11. The maximum absolute atomic E-state index is 11.7. The van der Waals surface area contributed by atoms with Crippen LogP contribution in [0.5, 0.6) is 0 Å². The van der Waals surface area contributed by atoms with Crippen molar-refractivity contribution < 1.29 is 9.53 Å². The first-order valence-corrected chi connectivity index (χ1v) is 7.91. The Hall–Kier alpha value is -0.830. The molecule has 136 valence electrons. The predicted octanol–water partition coefficient (Wildman–Crippen LogP) is 1.96. The second-order valence-electron chi connectivity index (χ2n) is 5.26. The molecule has 0 spiro atoms. The number of unbranched alkanes of at least 4 members (excludes halogenated alkanes) is 1. The third-order valence-corrected chi connectivity index (χ3v) is 3.08. The van der Waals surface area contributed by atoms with Crippen LogP contribution in [-0.4, -0.2) is 75.7 Å². The zero-order chi connectivity index (χ0) is 16.8. The summed E-state index contributed by atoms with van der Waals surface area (Å²) in [6, 6.07) is 0. The minimum atomic E-state index is -0.00638. The van der Waals surface area contributed by atoms with E-state index >= 15 is 0 Å². The average molecular weight is 440 g/mol. The number of ether oxygens (including phenoxy) is 1. The summed E-state index contributed by atoms with van der Waals surface area (Å²) >= 11 is 0. The highest BCUT2D eigenvalue weighted by atomic mass is 127. The standard InChI is InChI=1S/C16H32N4O2.HI/c1-6-8-9-12-20(5)16(17-11-10-13-22-7-2)18-14-15(21)19(3)4;/h6H,1,7-14H2,2-5H3,(H,17,18);1H. The highest BCUT2D eigenvalue weighted by molar-refractivity contribution is 14.0. The molecule has 0 radical (unpaired) electrons. The summed E-state index contributed by atoms with van der Waals surface area (Å²) < 4.78 is 5.32. The van der Waals surface area contributed by atoms with Gasteiger partial charge in [0.15, 0.2) is 5.96 Å². The number of guanidine groups is 1. The van der Waals surface area contributed by atoms with Crippen LogP contribution in [-0.2, 0) is 9.53 Å². The molecule has 0 aliphatic carbocycles. The number of nitrogens with one attached hydrogen (secondary N) is 1. The lowest BCUT2D eigenvalue weighted by molar-refractivity contribution is -0.127. The first-order valence-electron chi connectivity index (χ1n) is 7.91. The molecule has 0 bridgehead atoms. The van der Waals surface area contributed by atoms with Crippen LogP contribution < -0.4 is 5.32 Å². The summed E-state index contributed by atoms with van der Waals surface area (Å²) in [6.07, 6.45) is 4.81.